The van der Waals surface area contributed by atoms with E-state index in [4.69, 9.17) is 4.74 Å². The summed E-state index contributed by atoms with van der Waals surface area (Å²) >= 11 is 0. The van der Waals surface area contributed by atoms with E-state index in [1.165, 1.54) is 24.1 Å². The van der Waals surface area contributed by atoms with Crippen LogP contribution < -0.4 is 9.64 Å². The third kappa shape index (κ3) is 3.39. The first-order chi connectivity index (χ1) is 12.0. The summed E-state index contributed by atoms with van der Waals surface area (Å²) in [6, 6.07) is 12.5. The van der Waals surface area contributed by atoms with Crippen molar-refractivity contribution >= 4 is 17.5 Å². The highest BCUT2D eigenvalue weighted by molar-refractivity contribution is 6.23. The fourth-order valence-corrected chi connectivity index (χ4v) is 3.02. The minimum atomic E-state index is -0.553. The third-order valence-corrected chi connectivity index (χ3v) is 4.33. The van der Waals surface area contributed by atoms with E-state index in [2.05, 4.69) is 0 Å². The molecule has 1 aliphatic heterocycles. The molecular formula is C19H19FN2O3. The number of imide groups is 1. The van der Waals surface area contributed by atoms with Crippen LogP contribution in [0.1, 0.15) is 12.0 Å². The highest BCUT2D eigenvalue weighted by atomic mass is 19.1. The van der Waals surface area contributed by atoms with Gasteiger partial charge in [-0.15, -0.1) is 0 Å². The van der Waals surface area contributed by atoms with Crippen LogP contribution in [0.3, 0.4) is 0 Å². The van der Waals surface area contributed by atoms with Crippen molar-refractivity contribution in [3.05, 3.63) is 59.9 Å². The number of para-hydroxylation sites is 2. The van der Waals surface area contributed by atoms with Gasteiger partial charge in [-0.25, -0.2) is 9.29 Å². The zero-order chi connectivity index (χ0) is 18.0. The van der Waals surface area contributed by atoms with E-state index in [1.54, 1.807) is 43.4 Å². The Labute approximate surface area is 145 Å². The molecule has 1 saturated heterocycles. The summed E-state index contributed by atoms with van der Waals surface area (Å²) in [6.07, 6.45) is 0.106. The van der Waals surface area contributed by atoms with E-state index in [9.17, 15) is 14.0 Å². The number of nitrogens with zero attached hydrogens (tertiary/aromatic N) is 2. The number of hydrogen-bond donors (Lipinski definition) is 0. The first-order valence-corrected chi connectivity index (χ1v) is 7.95. The molecule has 0 spiro atoms. The van der Waals surface area contributed by atoms with Crippen molar-refractivity contribution in [3.63, 3.8) is 0 Å². The van der Waals surface area contributed by atoms with Gasteiger partial charge in [0.2, 0.25) is 5.91 Å². The molecule has 2 amide bonds. The molecule has 1 fully saturated rings. The lowest BCUT2D eigenvalue weighted by Gasteiger charge is -2.23. The molecule has 0 N–H and O–H groups in total. The molecule has 6 heteroatoms. The van der Waals surface area contributed by atoms with E-state index in [0.717, 1.165) is 5.56 Å². The van der Waals surface area contributed by atoms with Gasteiger partial charge in [0.1, 0.15) is 11.6 Å². The minimum Gasteiger partial charge on any atom is -0.495 e. The van der Waals surface area contributed by atoms with Crippen LogP contribution in [0.15, 0.2) is 48.5 Å². The summed E-state index contributed by atoms with van der Waals surface area (Å²) in [6.45, 7) is 0.448. The molecule has 1 heterocycles. The second kappa shape index (κ2) is 7.03. The number of benzene rings is 2. The first kappa shape index (κ1) is 17.1. The van der Waals surface area contributed by atoms with Crippen LogP contribution in [0.25, 0.3) is 0 Å². The van der Waals surface area contributed by atoms with Gasteiger partial charge in [0.15, 0.2) is 0 Å². The van der Waals surface area contributed by atoms with Crippen molar-refractivity contribution in [3.8, 4) is 5.75 Å². The number of ether oxygens (including phenoxy) is 1. The standard InChI is InChI=1S/C19H19FN2O3/c1-21(12-13-7-9-14(20)10-8-13)16-11-18(23)22(19(16)24)15-5-3-4-6-17(15)25-2/h3-10,16H,11-12H2,1-2H3. The zero-order valence-corrected chi connectivity index (χ0v) is 14.1. The number of methoxy groups -OCH3 is 1. The summed E-state index contributed by atoms with van der Waals surface area (Å²) in [4.78, 5) is 28.3. The van der Waals surface area contributed by atoms with Gasteiger partial charge >= 0.3 is 0 Å². The van der Waals surface area contributed by atoms with Crippen molar-refractivity contribution in [2.24, 2.45) is 0 Å². The van der Waals surface area contributed by atoms with Crippen LogP contribution in [0, 0.1) is 5.82 Å². The zero-order valence-electron chi connectivity index (χ0n) is 14.1. The number of amides is 2. The van der Waals surface area contributed by atoms with E-state index in [1.807, 2.05) is 4.90 Å². The molecule has 1 unspecified atom stereocenters. The molecule has 0 aromatic heterocycles. The van der Waals surface area contributed by atoms with Crippen LogP contribution in [0.5, 0.6) is 5.75 Å². The Bertz CT molecular complexity index is 792. The highest BCUT2D eigenvalue weighted by Gasteiger charge is 2.42. The van der Waals surface area contributed by atoms with Gasteiger partial charge in [0.25, 0.3) is 5.91 Å². The number of rotatable bonds is 5. The third-order valence-electron chi connectivity index (χ3n) is 4.33. The van der Waals surface area contributed by atoms with Crippen molar-refractivity contribution in [1.82, 2.24) is 4.90 Å². The Morgan fingerprint density at radius 2 is 1.84 bits per heavy atom. The lowest BCUT2D eigenvalue weighted by molar-refractivity contribution is -0.122. The molecule has 3 rings (SSSR count). The van der Waals surface area contributed by atoms with Gasteiger partial charge in [0, 0.05) is 6.54 Å². The summed E-state index contributed by atoms with van der Waals surface area (Å²) in [5.74, 6) is -0.364. The Hall–Kier alpha value is -2.73. The van der Waals surface area contributed by atoms with Crippen molar-refractivity contribution in [2.75, 3.05) is 19.1 Å². The molecule has 5 nitrogen and oxygen atoms in total. The molecule has 130 valence electrons. The molecule has 0 bridgehead atoms. The smallest absolute Gasteiger partial charge is 0.251 e. The fourth-order valence-electron chi connectivity index (χ4n) is 3.02. The molecule has 0 saturated carbocycles. The number of hydrogen-bond acceptors (Lipinski definition) is 4. The van der Waals surface area contributed by atoms with Gasteiger partial charge in [-0.05, 0) is 36.9 Å². The molecular weight excluding hydrogens is 323 g/mol. The fraction of sp³-hybridized carbons (Fsp3) is 0.263. The predicted molar refractivity (Wildman–Crippen MR) is 91.8 cm³/mol. The lowest BCUT2D eigenvalue weighted by atomic mass is 10.1. The van der Waals surface area contributed by atoms with Gasteiger partial charge in [-0.1, -0.05) is 24.3 Å². The molecule has 0 aliphatic carbocycles. The average Bonchev–Trinajstić information content (AvgIpc) is 2.91. The Morgan fingerprint density at radius 1 is 1.16 bits per heavy atom. The van der Waals surface area contributed by atoms with Gasteiger partial charge < -0.3 is 4.74 Å². The number of carbonyl (C=O) groups is 2. The van der Waals surface area contributed by atoms with Gasteiger partial charge in [0.05, 0.1) is 25.3 Å². The van der Waals surface area contributed by atoms with Crippen molar-refractivity contribution in [1.29, 1.82) is 0 Å². The van der Waals surface area contributed by atoms with Crippen LogP contribution in [0.4, 0.5) is 10.1 Å². The predicted octanol–water partition coefficient (Wildman–Crippen LogP) is 2.60. The van der Waals surface area contributed by atoms with E-state index >= 15 is 0 Å². The molecule has 2 aromatic rings. The molecule has 0 radical (unpaired) electrons. The van der Waals surface area contributed by atoms with Crippen LogP contribution >= 0.6 is 0 Å². The topological polar surface area (TPSA) is 49.9 Å². The first-order valence-electron chi connectivity index (χ1n) is 7.95. The van der Waals surface area contributed by atoms with Crippen LogP contribution in [-0.4, -0.2) is 36.9 Å². The molecule has 2 aromatic carbocycles. The number of carbonyl (C=O) groups excluding carboxylic acids is 2. The Kier molecular flexibility index (Phi) is 4.81. The minimum absolute atomic E-state index is 0.106. The highest BCUT2D eigenvalue weighted by Crippen LogP contribution is 2.33. The van der Waals surface area contributed by atoms with Gasteiger partial charge in [-0.3, -0.25) is 14.5 Å². The summed E-state index contributed by atoms with van der Waals surface area (Å²) < 4.78 is 18.3. The van der Waals surface area contributed by atoms with Gasteiger partial charge in [-0.2, -0.15) is 0 Å². The molecule has 25 heavy (non-hydrogen) atoms. The maximum absolute atomic E-state index is 13.0. The van der Waals surface area contributed by atoms with E-state index in [-0.39, 0.29) is 24.1 Å². The SMILES string of the molecule is COc1ccccc1N1C(=O)CC(N(C)Cc2ccc(F)cc2)C1=O. The normalized spacial score (nSPS) is 17.4. The van der Waals surface area contributed by atoms with Crippen molar-refractivity contribution in [2.45, 2.75) is 19.0 Å². The maximum Gasteiger partial charge on any atom is 0.251 e. The quantitative estimate of drug-likeness (QED) is 0.784. The molecule has 1 atom stereocenters. The van der Waals surface area contributed by atoms with Crippen LogP contribution in [0.2, 0.25) is 0 Å². The number of halogens is 1. The summed E-state index contributed by atoms with van der Waals surface area (Å²) in [5, 5.41) is 0. The monoisotopic (exact) mass is 342 g/mol. The number of anilines is 1. The average molecular weight is 342 g/mol. The Balaban J connectivity index is 1.79. The lowest BCUT2D eigenvalue weighted by Crippen LogP contribution is -2.39. The number of likely N-dealkylation sites (N-methyl/N-ethyl adjacent to an activating group) is 1. The summed E-state index contributed by atoms with van der Waals surface area (Å²) in [7, 11) is 3.28. The molecule has 1 aliphatic rings. The van der Waals surface area contributed by atoms with Crippen molar-refractivity contribution < 1.29 is 18.7 Å². The van der Waals surface area contributed by atoms with E-state index < -0.39 is 6.04 Å². The Morgan fingerprint density at radius 3 is 2.52 bits per heavy atom. The van der Waals surface area contributed by atoms with E-state index in [0.29, 0.717) is 18.0 Å². The second-order valence-electron chi connectivity index (χ2n) is 6.00. The second-order valence-corrected chi connectivity index (χ2v) is 6.00. The largest absolute Gasteiger partial charge is 0.495 e. The summed E-state index contributed by atoms with van der Waals surface area (Å²) in [5.41, 5.74) is 1.33. The van der Waals surface area contributed by atoms with Crippen LogP contribution in [-0.2, 0) is 16.1 Å². The maximum atomic E-state index is 13.0.